The van der Waals surface area contributed by atoms with Gasteiger partial charge in [-0.15, -0.1) is 0 Å². The van der Waals surface area contributed by atoms with Crippen LogP contribution in [0.25, 0.3) is 0 Å². The summed E-state index contributed by atoms with van der Waals surface area (Å²) in [5.41, 5.74) is 0.483. The van der Waals surface area contributed by atoms with E-state index in [0.29, 0.717) is 5.75 Å². The highest BCUT2D eigenvalue weighted by Gasteiger charge is 2.14. The standard InChI is InChI=1S/C14H12O4/c1-18-13-7-6-9(8-12(13)16)14(17)10-4-2-3-5-11(10)15/h2-8,15-16H,1H3. The number of para-hydroxylation sites is 1. The molecule has 0 amide bonds. The van der Waals surface area contributed by atoms with Gasteiger partial charge in [0.15, 0.2) is 17.3 Å². The third-order valence-electron chi connectivity index (χ3n) is 2.59. The largest absolute Gasteiger partial charge is 0.507 e. The zero-order valence-electron chi connectivity index (χ0n) is 9.75. The van der Waals surface area contributed by atoms with Crippen molar-refractivity contribution in [2.24, 2.45) is 0 Å². The minimum atomic E-state index is -0.356. The van der Waals surface area contributed by atoms with Gasteiger partial charge in [0, 0.05) is 5.56 Å². The fourth-order valence-electron chi connectivity index (χ4n) is 1.65. The van der Waals surface area contributed by atoms with Crippen LogP contribution in [-0.4, -0.2) is 23.1 Å². The molecule has 2 rings (SSSR count). The van der Waals surface area contributed by atoms with E-state index in [9.17, 15) is 15.0 Å². The Balaban J connectivity index is 2.41. The summed E-state index contributed by atoms with van der Waals surface area (Å²) in [6.45, 7) is 0. The molecule has 2 aromatic carbocycles. The van der Waals surface area contributed by atoms with E-state index in [2.05, 4.69) is 0 Å². The van der Waals surface area contributed by atoms with Crippen LogP contribution in [0.2, 0.25) is 0 Å². The van der Waals surface area contributed by atoms with Crippen LogP contribution >= 0.6 is 0 Å². The lowest BCUT2D eigenvalue weighted by molar-refractivity contribution is 0.103. The molecule has 0 saturated carbocycles. The maximum absolute atomic E-state index is 12.1. The summed E-state index contributed by atoms with van der Waals surface area (Å²) in [5.74, 6) is -0.258. The van der Waals surface area contributed by atoms with E-state index in [1.54, 1.807) is 12.1 Å². The van der Waals surface area contributed by atoms with Crippen LogP contribution in [0.3, 0.4) is 0 Å². The number of rotatable bonds is 3. The van der Waals surface area contributed by atoms with Gasteiger partial charge < -0.3 is 14.9 Å². The van der Waals surface area contributed by atoms with Crippen molar-refractivity contribution in [3.63, 3.8) is 0 Å². The molecule has 0 heterocycles. The van der Waals surface area contributed by atoms with Gasteiger partial charge in [-0.25, -0.2) is 0 Å². The van der Waals surface area contributed by atoms with E-state index in [4.69, 9.17) is 4.74 Å². The predicted molar refractivity (Wildman–Crippen MR) is 66.2 cm³/mol. The van der Waals surface area contributed by atoms with Gasteiger partial charge in [0.2, 0.25) is 0 Å². The van der Waals surface area contributed by atoms with E-state index >= 15 is 0 Å². The molecule has 0 aliphatic carbocycles. The van der Waals surface area contributed by atoms with Crippen LogP contribution in [0.4, 0.5) is 0 Å². The van der Waals surface area contributed by atoms with E-state index in [1.807, 2.05) is 0 Å². The first-order valence-corrected chi connectivity index (χ1v) is 5.33. The SMILES string of the molecule is COc1ccc(C(=O)c2ccccc2O)cc1O. The summed E-state index contributed by atoms with van der Waals surface area (Å²) in [7, 11) is 1.43. The first-order chi connectivity index (χ1) is 8.63. The van der Waals surface area contributed by atoms with E-state index in [-0.39, 0.29) is 28.4 Å². The molecule has 0 unspecified atom stereocenters. The van der Waals surface area contributed by atoms with Crippen LogP contribution in [0, 0.1) is 0 Å². The van der Waals surface area contributed by atoms with Gasteiger partial charge >= 0.3 is 0 Å². The maximum atomic E-state index is 12.1. The Morgan fingerprint density at radius 2 is 1.78 bits per heavy atom. The number of carbonyl (C=O) groups is 1. The lowest BCUT2D eigenvalue weighted by Gasteiger charge is -2.06. The first kappa shape index (κ1) is 12.0. The molecule has 0 bridgehead atoms. The molecule has 2 aromatic rings. The normalized spacial score (nSPS) is 10.1. The minimum Gasteiger partial charge on any atom is -0.507 e. The fraction of sp³-hybridized carbons (Fsp3) is 0.0714. The molecule has 0 saturated heterocycles. The number of ether oxygens (including phenoxy) is 1. The Morgan fingerprint density at radius 3 is 2.39 bits per heavy atom. The Labute approximate surface area is 104 Å². The lowest BCUT2D eigenvalue weighted by atomic mass is 10.0. The molecule has 0 aliphatic heterocycles. The molecule has 0 spiro atoms. The van der Waals surface area contributed by atoms with Crippen molar-refractivity contribution >= 4 is 5.78 Å². The van der Waals surface area contributed by atoms with Crippen molar-refractivity contribution < 1.29 is 19.7 Å². The van der Waals surface area contributed by atoms with Gasteiger partial charge in [0.1, 0.15) is 5.75 Å². The monoisotopic (exact) mass is 244 g/mol. The second-order valence-electron chi connectivity index (χ2n) is 3.73. The minimum absolute atomic E-state index is 0.0854. The molecular weight excluding hydrogens is 232 g/mol. The van der Waals surface area contributed by atoms with Crippen molar-refractivity contribution in [1.29, 1.82) is 0 Å². The summed E-state index contributed by atoms with van der Waals surface area (Å²) in [6, 6.07) is 10.6. The van der Waals surface area contributed by atoms with Crippen molar-refractivity contribution in [1.82, 2.24) is 0 Å². The lowest BCUT2D eigenvalue weighted by Crippen LogP contribution is -2.01. The number of methoxy groups -OCH3 is 1. The van der Waals surface area contributed by atoms with Crippen molar-refractivity contribution in [3.05, 3.63) is 53.6 Å². The number of ketones is 1. The third kappa shape index (κ3) is 2.13. The zero-order chi connectivity index (χ0) is 13.1. The van der Waals surface area contributed by atoms with Crippen molar-refractivity contribution in [3.8, 4) is 17.2 Å². The van der Waals surface area contributed by atoms with E-state index in [1.165, 1.54) is 37.4 Å². The molecule has 2 N–H and O–H groups in total. The van der Waals surface area contributed by atoms with Crippen molar-refractivity contribution in [2.75, 3.05) is 7.11 Å². The molecule has 0 aliphatic rings. The molecule has 4 nitrogen and oxygen atoms in total. The van der Waals surface area contributed by atoms with Crippen LogP contribution in [0.1, 0.15) is 15.9 Å². The molecule has 0 fully saturated rings. The number of benzene rings is 2. The summed E-state index contributed by atoms with van der Waals surface area (Å²) >= 11 is 0. The molecule has 4 heteroatoms. The average Bonchev–Trinajstić information content (AvgIpc) is 2.38. The van der Waals surface area contributed by atoms with Gasteiger partial charge in [-0.3, -0.25) is 4.79 Å². The summed E-state index contributed by atoms with van der Waals surface area (Å²) in [6.07, 6.45) is 0. The number of aromatic hydroxyl groups is 2. The Hall–Kier alpha value is -2.49. The van der Waals surface area contributed by atoms with E-state index in [0.717, 1.165) is 0 Å². The van der Waals surface area contributed by atoms with Gasteiger partial charge in [-0.05, 0) is 30.3 Å². The number of phenolic OH excluding ortho intramolecular Hbond substituents is 2. The second kappa shape index (κ2) is 4.79. The molecule has 0 radical (unpaired) electrons. The smallest absolute Gasteiger partial charge is 0.196 e. The number of hydrogen-bond acceptors (Lipinski definition) is 4. The molecule has 0 aromatic heterocycles. The first-order valence-electron chi connectivity index (χ1n) is 5.33. The summed E-state index contributed by atoms with van der Waals surface area (Å²) in [4.78, 5) is 12.1. The van der Waals surface area contributed by atoms with Crippen molar-refractivity contribution in [2.45, 2.75) is 0 Å². The fourth-order valence-corrected chi connectivity index (χ4v) is 1.65. The predicted octanol–water partition coefficient (Wildman–Crippen LogP) is 2.34. The van der Waals surface area contributed by atoms with Crippen LogP contribution in [0.15, 0.2) is 42.5 Å². The third-order valence-corrected chi connectivity index (χ3v) is 2.59. The number of hydrogen-bond donors (Lipinski definition) is 2. The van der Waals surface area contributed by atoms with E-state index < -0.39 is 0 Å². The topological polar surface area (TPSA) is 66.8 Å². The van der Waals surface area contributed by atoms with Crippen LogP contribution < -0.4 is 4.74 Å². The highest BCUT2D eigenvalue weighted by atomic mass is 16.5. The molecule has 0 atom stereocenters. The Kier molecular flexibility index (Phi) is 3.19. The maximum Gasteiger partial charge on any atom is 0.196 e. The summed E-state index contributed by atoms with van der Waals surface area (Å²) < 4.78 is 4.90. The molecular formula is C14H12O4. The van der Waals surface area contributed by atoms with Crippen LogP contribution in [0.5, 0.6) is 17.2 Å². The second-order valence-corrected chi connectivity index (χ2v) is 3.73. The number of phenols is 2. The van der Waals surface area contributed by atoms with Gasteiger partial charge in [-0.2, -0.15) is 0 Å². The highest BCUT2D eigenvalue weighted by Crippen LogP contribution is 2.28. The molecule has 18 heavy (non-hydrogen) atoms. The Morgan fingerprint density at radius 1 is 1.06 bits per heavy atom. The molecule has 92 valence electrons. The number of carbonyl (C=O) groups excluding carboxylic acids is 1. The average molecular weight is 244 g/mol. The Bertz CT molecular complexity index is 590. The van der Waals surface area contributed by atoms with Crippen LogP contribution in [-0.2, 0) is 0 Å². The van der Waals surface area contributed by atoms with Gasteiger partial charge in [0.25, 0.3) is 0 Å². The van der Waals surface area contributed by atoms with Gasteiger partial charge in [-0.1, -0.05) is 12.1 Å². The van der Waals surface area contributed by atoms with Gasteiger partial charge in [0.05, 0.1) is 12.7 Å². The highest BCUT2D eigenvalue weighted by molar-refractivity contribution is 6.10. The summed E-state index contributed by atoms with van der Waals surface area (Å²) in [5, 5.41) is 19.2. The quantitative estimate of drug-likeness (QED) is 0.813. The zero-order valence-corrected chi connectivity index (χ0v) is 9.75.